The van der Waals surface area contributed by atoms with Crippen LogP contribution in [0.3, 0.4) is 0 Å². The van der Waals surface area contributed by atoms with Gasteiger partial charge in [-0.2, -0.15) is 18.2 Å². The topological polar surface area (TPSA) is 87.5 Å². The zero-order valence-electron chi connectivity index (χ0n) is 16.5. The van der Waals surface area contributed by atoms with Gasteiger partial charge in [0.2, 0.25) is 11.7 Å². The Hall–Kier alpha value is -3.24. The molecule has 0 spiro atoms. The number of hydrogen-bond acceptors (Lipinski definition) is 7. The zero-order valence-corrected chi connectivity index (χ0v) is 16.5. The number of fused-ring (bicyclic) bond motifs is 1. The number of allylic oxidation sites excluding steroid dienone is 2. The Morgan fingerprint density at radius 1 is 1.10 bits per heavy atom. The third-order valence-electron chi connectivity index (χ3n) is 5.15. The molecule has 0 radical (unpaired) electrons. The molecule has 2 aliphatic rings. The molecule has 2 aromatic rings. The molecule has 1 aromatic carbocycles. The smallest absolute Gasteiger partial charge is 0.453 e. The first-order chi connectivity index (χ1) is 14.3. The molecule has 1 aliphatic carbocycles. The lowest BCUT2D eigenvalue weighted by Crippen LogP contribution is -2.32. The number of nitrogens with zero attached hydrogens (tertiary/aromatic N) is 3. The van der Waals surface area contributed by atoms with Crippen LogP contribution in [0, 0.1) is 0 Å². The van der Waals surface area contributed by atoms with Crippen LogP contribution in [0.1, 0.15) is 36.7 Å². The van der Waals surface area contributed by atoms with Crippen molar-refractivity contribution in [2.45, 2.75) is 31.5 Å². The predicted molar refractivity (Wildman–Crippen MR) is 98.8 cm³/mol. The van der Waals surface area contributed by atoms with Gasteiger partial charge in [0.25, 0.3) is 5.82 Å². The lowest BCUT2D eigenvalue weighted by molar-refractivity contribution is -0.145. The van der Waals surface area contributed by atoms with E-state index < -0.39 is 18.0 Å². The molecule has 1 N–H and O–H groups in total. The third-order valence-corrected chi connectivity index (χ3v) is 5.15. The molecule has 8 nitrogen and oxygen atoms in total. The highest BCUT2D eigenvalue weighted by molar-refractivity contribution is 5.99. The van der Waals surface area contributed by atoms with Gasteiger partial charge >= 0.3 is 6.18 Å². The number of alkyl halides is 3. The molecule has 0 saturated carbocycles. The standard InChI is InChI=1S/C19H19F3N4O4/c1-28-12-8-7-9(15(29-2)16(12)30-3)14-13-10(5-4-6-11(13)27)23-18-24-17(19(20,21)22)25-26(14)18/h7-8,14H,4-6H2,1-3H3,(H,23,24,25)/t14-/m1/s1. The molecule has 0 fully saturated rings. The minimum Gasteiger partial charge on any atom is -0.493 e. The van der Waals surface area contributed by atoms with E-state index in [1.807, 2.05) is 0 Å². The number of anilines is 1. The van der Waals surface area contributed by atoms with Crippen molar-refractivity contribution in [3.05, 3.63) is 34.8 Å². The van der Waals surface area contributed by atoms with E-state index >= 15 is 0 Å². The van der Waals surface area contributed by atoms with Gasteiger partial charge in [-0.1, -0.05) is 0 Å². The van der Waals surface area contributed by atoms with Crippen LogP contribution in [-0.4, -0.2) is 41.9 Å². The van der Waals surface area contributed by atoms with Crippen LogP contribution in [-0.2, 0) is 11.0 Å². The number of carbonyl (C=O) groups is 1. The summed E-state index contributed by atoms with van der Waals surface area (Å²) in [5.74, 6) is -0.659. The monoisotopic (exact) mass is 424 g/mol. The molecular formula is C19H19F3N4O4. The van der Waals surface area contributed by atoms with Crippen LogP contribution in [0.2, 0.25) is 0 Å². The number of Topliss-reactive ketones (excluding diaryl/α,β-unsaturated/α-hetero) is 1. The van der Waals surface area contributed by atoms with Crippen LogP contribution in [0.25, 0.3) is 0 Å². The molecule has 1 atom stereocenters. The molecule has 30 heavy (non-hydrogen) atoms. The van der Waals surface area contributed by atoms with Gasteiger partial charge in [-0.05, 0) is 25.0 Å². The SMILES string of the molecule is COc1ccc([C@@H]2C3=C(CCCC3=O)Nc3nc(C(F)(F)F)nn32)c(OC)c1OC. The number of halogens is 3. The summed E-state index contributed by atoms with van der Waals surface area (Å²) in [6.07, 6.45) is -3.33. The number of benzene rings is 1. The second kappa shape index (κ2) is 7.22. The van der Waals surface area contributed by atoms with Crippen LogP contribution in [0.15, 0.2) is 23.4 Å². The molecule has 1 aromatic heterocycles. The molecule has 1 aliphatic heterocycles. The van der Waals surface area contributed by atoms with Crippen LogP contribution >= 0.6 is 0 Å². The molecule has 4 rings (SSSR count). The van der Waals surface area contributed by atoms with Crippen molar-refractivity contribution in [2.75, 3.05) is 26.6 Å². The molecule has 0 saturated heterocycles. The average Bonchev–Trinajstić information content (AvgIpc) is 3.15. The summed E-state index contributed by atoms with van der Waals surface area (Å²) >= 11 is 0. The molecule has 2 heterocycles. The Bertz CT molecular complexity index is 1050. The van der Waals surface area contributed by atoms with E-state index in [4.69, 9.17) is 14.2 Å². The summed E-state index contributed by atoms with van der Waals surface area (Å²) in [6, 6.07) is 2.27. The van der Waals surface area contributed by atoms with E-state index in [1.54, 1.807) is 12.1 Å². The maximum Gasteiger partial charge on any atom is 0.453 e. The van der Waals surface area contributed by atoms with Crippen LogP contribution in [0.5, 0.6) is 17.2 Å². The zero-order chi connectivity index (χ0) is 21.6. The van der Waals surface area contributed by atoms with Gasteiger partial charge in [0.1, 0.15) is 6.04 Å². The summed E-state index contributed by atoms with van der Waals surface area (Å²) in [5, 5.41) is 6.54. The van der Waals surface area contributed by atoms with Gasteiger partial charge in [0.05, 0.1) is 21.3 Å². The molecule has 160 valence electrons. The first kappa shape index (κ1) is 20.0. The lowest BCUT2D eigenvalue weighted by Gasteiger charge is -2.33. The maximum absolute atomic E-state index is 13.3. The number of ether oxygens (including phenoxy) is 3. The summed E-state index contributed by atoms with van der Waals surface area (Å²) in [4.78, 5) is 16.4. The fourth-order valence-corrected chi connectivity index (χ4v) is 3.90. The average molecular weight is 424 g/mol. The molecule has 0 bridgehead atoms. The van der Waals surface area contributed by atoms with E-state index in [9.17, 15) is 18.0 Å². The first-order valence-electron chi connectivity index (χ1n) is 9.16. The summed E-state index contributed by atoms with van der Waals surface area (Å²) in [6.45, 7) is 0. The number of nitrogens with one attached hydrogen (secondary N) is 1. The number of rotatable bonds is 4. The van der Waals surface area contributed by atoms with Gasteiger partial charge < -0.3 is 19.5 Å². The second-order valence-corrected chi connectivity index (χ2v) is 6.82. The Morgan fingerprint density at radius 2 is 1.83 bits per heavy atom. The van der Waals surface area contributed by atoms with Gasteiger partial charge in [-0.15, -0.1) is 5.10 Å². The highest BCUT2D eigenvalue weighted by Gasteiger charge is 2.43. The largest absolute Gasteiger partial charge is 0.493 e. The van der Waals surface area contributed by atoms with Crippen molar-refractivity contribution < 1.29 is 32.2 Å². The summed E-state index contributed by atoms with van der Waals surface area (Å²) < 4.78 is 57.2. The Morgan fingerprint density at radius 3 is 2.47 bits per heavy atom. The van der Waals surface area contributed by atoms with Crippen molar-refractivity contribution in [1.29, 1.82) is 0 Å². The quantitative estimate of drug-likeness (QED) is 0.805. The minimum atomic E-state index is -4.73. The normalized spacial score (nSPS) is 18.5. The molecular weight excluding hydrogens is 405 g/mol. The molecule has 0 amide bonds. The summed E-state index contributed by atoms with van der Waals surface area (Å²) in [5.41, 5.74) is 1.30. The Balaban J connectivity index is 1.98. The van der Waals surface area contributed by atoms with E-state index in [0.717, 1.165) is 4.68 Å². The highest BCUT2D eigenvalue weighted by atomic mass is 19.4. The van der Waals surface area contributed by atoms with Gasteiger partial charge in [-0.25, -0.2) is 4.68 Å². The number of hydrogen-bond donors (Lipinski definition) is 1. The van der Waals surface area contributed by atoms with Crippen molar-refractivity contribution in [2.24, 2.45) is 0 Å². The number of carbonyl (C=O) groups excluding carboxylic acids is 1. The number of methoxy groups -OCH3 is 3. The predicted octanol–water partition coefficient (Wildman–Crippen LogP) is 3.34. The van der Waals surface area contributed by atoms with Crippen molar-refractivity contribution in [3.63, 3.8) is 0 Å². The Labute approximate surface area is 169 Å². The fraction of sp³-hybridized carbons (Fsp3) is 0.421. The third kappa shape index (κ3) is 3.04. The Kier molecular flexibility index (Phi) is 4.83. The van der Waals surface area contributed by atoms with Crippen LogP contribution < -0.4 is 19.5 Å². The van der Waals surface area contributed by atoms with Gasteiger partial charge in [0.15, 0.2) is 17.3 Å². The number of aromatic nitrogens is 3. The van der Waals surface area contributed by atoms with Crippen molar-refractivity contribution >= 4 is 11.7 Å². The van der Waals surface area contributed by atoms with Gasteiger partial charge in [-0.3, -0.25) is 4.79 Å². The van der Waals surface area contributed by atoms with E-state index in [1.165, 1.54) is 21.3 Å². The molecule has 0 unspecified atom stereocenters. The van der Waals surface area contributed by atoms with Crippen molar-refractivity contribution in [1.82, 2.24) is 14.8 Å². The fourth-order valence-electron chi connectivity index (χ4n) is 3.90. The maximum atomic E-state index is 13.3. The summed E-state index contributed by atoms with van der Waals surface area (Å²) in [7, 11) is 4.28. The van der Waals surface area contributed by atoms with E-state index in [0.29, 0.717) is 41.8 Å². The lowest BCUT2D eigenvalue weighted by atomic mass is 9.85. The number of ketones is 1. The van der Waals surface area contributed by atoms with Gasteiger partial charge in [0, 0.05) is 23.3 Å². The van der Waals surface area contributed by atoms with Crippen molar-refractivity contribution in [3.8, 4) is 17.2 Å². The van der Waals surface area contributed by atoms with Crippen LogP contribution in [0.4, 0.5) is 19.1 Å². The first-order valence-corrected chi connectivity index (χ1v) is 9.16. The second-order valence-electron chi connectivity index (χ2n) is 6.82. The van der Waals surface area contributed by atoms with E-state index in [2.05, 4.69) is 15.4 Å². The highest BCUT2D eigenvalue weighted by Crippen LogP contribution is 2.48. The molecule has 11 heteroatoms. The minimum absolute atomic E-state index is 0.0855. The van der Waals surface area contributed by atoms with E-state index in [-0.39, 0.29) is 23.2 Å².